The van der Waals surface area contributed by atoms with Crippen LogP contribution in [0.1, 0.15) is 26.5 Å². The van der Waals surface area contributed by atoms with E-state index in [1.165, 1.54) is 0 Å². The molecule has 1 rings (SSSR count). The Morgan fingerprint density at radius 1 is 1.57 bits per heavy atom. The molecule has 1 aromatic heterocycles. The Balaban J connectivity index is 2.26. The second kappa shape index (κ2) is 4.62. The third-order valence-corrected chi connectivity index (χ3v) is 1.99. The maximum Gasteiger partial charge on any atom is 0.105 e. The minimum atomic E-state index is -0.155. The van der Waals surface area contributed by atoms with Crippen LogP contribution >= 0.6 is 0 Å². The first-order chi connectivity index (χ1) is 6.47. The van der Waals surface area contributed by atoms with Gasteiger partial charge in [-0.3, -0.25) is 0 Å². The number of rotatable bonds is 5. The van der Waals surface area contributed by atoms with E-state index in [4.69, 9.17) is 10.2 Å². The van der Waals surface area contributed by atoms with Gasteiger partial charge in [-0.25, -0.2) is 0 Å². The molecular formula is C11H20N2O. The number of nitrogens with two attached hydrogens (primary N) is 1. The molecule has 0 aliphatic carbocycles. The highest BCUT2D eigenvalue weighted by atomic mass is 16.3. The fourth-order valence-electron chi connectivity index (χ4n) is 1.24. The summed E-state index contributed by atoms with van der Waals surface area (Å²) in [5, 5.41) is 3.38. The topological polar surface area (TPSA) is 51.2 Å². The molecule has 1 aromatic rings. The van der Waals surface area contributed by atoms with E-state index in [-0.39, 0.29) is 5.54 Å². The standard InChI is InChI=1S/C11H20N2O/c1-9(13-8-11(2,3)12)7-10-5-4-6-14-10/h4-6,9,13H,7-8,12H2,1-3H3. The van der Waals surface area contributed by atoms with Crippen LogP contribution in [0.4, 0.5) is 0 Å². The van der Waals surface area contributed by atoms with E-state index in [9.17, 15) is 0 Å². The van der Waals surface area contributed by atoms with Gasteiger partial charge in [0.25, 0.3) is 0 Å². The molecule has 0 saturated carbocycles. The van der Waals surface area contributed by atoms with Crippen LogP contribution in [0.15, 0.2) is 22.8 Å². The zero-order chi connectivity index (χ0) is 10.6. The van der Waals surface area contributed by atoms with Crippen LogP contribution < -0.4 is 11.1 Å². The summed E-state index contributed by atoms with van der Waals surface area (Å²) in [6.45, 7) is 6.97. The molecule has 0 fully saturated rings. The molecule has 0 aromatic carbocycles. The van der Waals surface area contributed by atoms with Gasteiger partial charge in [-0.1, -0.05) is 0 Å². The molecule has 0 saturated heterocycles. The quantitative estimate of drug-likeness (QED) is 0.751. The van der Waals surface area contributed by atoms with E-state index in [0.29, 0.717) is 6.04 Å². The molecule has 0 aliphatic heterocycles. The summed E-state index contributed by atoms with van der Waals surface area (Å²) in [4.78, 5) is 0. The summed E-state index contributed by atoms with van der Waals surface area (Å²) in [5.74, 6) is 1.01. The Hall–Kier alpha value is -0.800. The second-order valence-corrected chi connectivity index (χ2v) is 4.55. The van der Waals surface area contributed by atoms with E-state index in [1.54, 1.807) is 6.26 Å². The average molecular weight is 196 g/mol. The zero-order valence-electron chi connectivity index (χ0n) is 9.21. The van der Waals surface area contributed by atoms with Crippen molar-refractivity contribution in [3.8, 4) is 0 Å². The van der Waals surface area contributed by atoms with Crippen molar-refractivity contribution in [2.45, 2.75) is 38.8 Å². The van der Waals surface area contributed by atoms with Crippen molar-refractivity contribution < 1.29 is 4.42 Å². The van der Waals surface area contributed by atoms with Gasteiger partial charge in [0, 0.05) is 24.5 Å². The Morgan fingerprint density at radius 2 is 2.29 bits per heavy atom. The summed E-state index contributed by atoms with van der Waals surface area (Å²) in [6, 6.07) is 4.30. The lowest BCUT2D eigenvalue weighted by molar-refractivity contribution is 0.406. The van der Waals surface area contributed by atoms with Gasteiger partial charge in [0.2, 0.25) is 0 Å². The van der Waals surface area contributed by atoms with Crippen LogP contribution in [0.5, 0.6) is 0 Å². The molecule has 3 nitrogen and oxygen atoms in total. The van der Waals surface area contributed by atoms with Gasteiger partial charge in [0.1, 0.15) is 5.76 Å². The first kappa shape index (κ1) is 11.3. The third kappa shape index (κ3) is 4.44. The number of nitrogens with one attached hydrogen (secondary N) is 1. The molecule has 14 heavy (non-hydrogen) atoms. The maximum atomic E-state index is 5.87. The van der Waals surface area contributed by atoms with Crippen molar-refractivity contribution in [1.82, 2.24) is 5.32 Å². The van der Waals surface area contributed by atoms with Crippen molar-refractivity contribution in [3.05, 3.63) is 24.2 Å². The third-order valence-electron chi connectivity index (χ3n) is 1.99. The summed E-state index contributed by atoms with van der Waals surface area (Å²) in [6.07, 6.45) is 2.61. The van der Waals surface area contributed by atoms with Gasteiger partial charge in [0.15, 0.2) is 0 Å². The number of furan rings is 1. The molecule has 1 atom stereocenters. The van der Waals surface area contributed by atoms with Crippen molar-refractivity contribution in [2.75, 3.05) is 6.54 Å². The van der Waals surface area contributed by atoms with Crippen molar-refractivity contribution >= 4 is 0 Å². The summed E-state index contributed by atoms with van der Waals surface area (Å²) in [7, 11) is 0. The van der Waals surface area contributed by atoms with Gasteiger partial charge >= 0.3 is 0 Å². The molecule has 3 heteroatoms. The summed E-state index contributed by atoms with van der Waals surface area (Å²) < 4.78 is 5.26. The van der Waals surface area contributed by atoms with Crippen LogP contribution in [-0.2, 0) is 6.42 Å². The van der Waals surface area contributed by atoms with Crippen LogP contribution in [0.2, 0.25) is 0 Å². The van der Waals surface area contributed by atoms with Gasteiger partial charge < -0.3 is 15.5 Å². The Bertz CT molecular complexity index is 249. The highest BCUT2D eigenvalue weighted by Crippen LogP contribution is 2.04. The van der Waals surface area contributed by atoms with Crippen LogP contribution in [0.25, 0.3) is 0 Å². The fraction of sp³-hybridized carbons (Fsp3) is 0.636. The average Bonchev–Trinajstić information content (AvgIpc) is 2.52. The first-order valence-electron chi connectivity index (χ1n) is 5.02. The summed E-state index contributed by atoms with van der Waals surface area (Å²) >= 11 is 0. The minimum absolute atomic E-state index is 0.155. The van der Waals surface area contributed by atoms with Crippen molar-refractivity contribution in [3.63, 3.8) is 0 Å². The molecule has 0 spiro atoms. The molecule has 0 bridgehead atoms. The highest BCUT2D eigenvalue weighted by Gasteiger charge is 2.12. The van der Waals surface area contributed by atoms with Gasteiger partial charge in [-0.15, -0.1) is 0 Å². The number of hydrogen-bond acceptors (Lipinski definition) is 3. The van der Waals surface area contributed by atoms with Gasteiger partial charge in [-0.2, -0.15) is 0 Å². The lowest BCUT2D eigenvalue weighted by Gasteiger charge is -2.22. The predicted molar refractivity (Wildman–Crippen MR) is 58.1 cm³/mol. The largest absolute Gasteiger partial charge is 0.469 e. The normalized spacial score (nSPS) is 14.3. The molecule has 0 amide bonds. The fourth-order valence-corrected chi connectivity index (χ4v) is 1.24. The van der Waals surface area contributed by atoms with E-state index in [1.807, 2.05) is 26.0 Å². The van der Waals surface area contributed by atoms with Gasteiger partial charge in [-0.05, 0) is 32.9 Å². The molecule has 1 heterocycles. The lowest BCUT2D eigenvalue weighted by atomic mass is 10.1. The van der Waals surface area contributed by atoms with E-state index >= 15 is 0 Å². The zero-order valence-corrected chi connectivity index (χ0v) is 9.21. The monoisotopic (exact) mass is 196 g/mol. The number of hydrogen-bond donors (Lipinski definition) is 2. The van der Waals surface area contributed by atoms with Crippen LogP contribution in [0.3, 0.4) is 0 Å². The first-order valence-corrected chi connectivity index (χ1v) is 5.02. The SMILES string of the molecule is CC(Cc1ccco1)NCC(C)(C)N. The van der Waals surface area contributed by atoms with E-state index in [0.717, 1.165) is 18.7 Å². The molecular weight excluding hydrogens is 176 g/mol. The highest BCUT2D eigenvalue weighted by molar-refractivity contribution is 5.00. The second-order valence-electron chi connectivity index (χ2n) is 4.55. The molecule has 0 radical (unpaired) electrons. The minimum Gasteiger partial charge on any atom is -0.469 e. The molecule has 3 N–H and O–H groups in total. The lowest BCUT2D eigenvalue weighted by Crippen LogP contribution is -2.46. The predicted octanol–water partition coefficient (Wildman–Crippen LogP) is 1.54. The van der Waals surface area contributed by atoms with Crippen molar-refractivity contribution in [2.24, 2.45) is 5.73 Å². The van der Waals surface area contributed by atoms with Crippen LogP contribution in [-0.4, -0.2) is 18.1 Å². The molecule has 1 unspecified atom stereocenters. The van der Waals surface area contributed by atoms with Crippen molar-refractivity contribution in [1.29, 1.82) is 0 Å². The maximum absolute atomic E-state index is 5.87. The Kier molecular flexibility index (Phi) is 3.72. The summed E-state index contributed by atoms with van der Waals surface area (Å²) in [5.41, 5.74) is 5.72. The Morgan fingerprint density at radius 3 is 2.79 bits per heavy atom. The Labute approximate surface area is 85.7 Å². The molecule has 80 valence electrons. The smallest absolute Gasteiger partial charge is 0.105 e. The van der Waals surface area contributed by atoms with E-state index < -0.39 is 0 Å². The van der Waals surface area contributed by atoms with E-state index in [2.05, 4.69) is 12.2 Å². The van der Waals surface area contributed by atoms with Gasteiger partial charge in [0.05, 0.1) is 6.26 Å². The molecule has 0 aliphatic rings. The van der Waals surface area contributed by atoms with Crippen LogP contribution in [0, 0.1) is 0 Å².